The fourth-order valence-electron chi connectivity index (χ4n) is 5.76. The summed E-state index contributed by atoms with van der Waals surface area (Å²) in [5.41, 5.74) is 9.92. The van der Waals surface area contributed by atoms with E-state index in [2.05, 4.69) is 126 Å². The Morgan fingerprint density at radius 2 is 0.886 bits per heavy atom. The molecule has 0 amide bonds. The van der Waals surface area contributed by atoms with E-state index < -0.39 is 5.41 Å². The van der Waals surface area contributed by atoms with Crippen LogP contribution in [-0.4, -0.2) is 0 Å². The molecular formula is C33H34S2. The number of hydrogen-bond acceptors (Lipinski definition) is 2. The van der Waals surface area contributed by atoms with Crippen molar-refractivity contribution in [2.24, 2.45) is 0 Å². The average Bonchev–Trinajstić information content (AvgIpc) is 3.10. The third-order valence-corrected chi connectivity index (χ3v) is 8.21. The molecule has 5 rings (SSSR count). The highest BCUT2D eigenvalue weighted by Gasteiger charge is 2.46. The molecular weight excluding hydrogens is 460 g/mol. The number of thiol groups is 2. The molecule has 4 aromatic carbocycles. The molecule has 0 spiro atoms. The van der Waals surface area contributed by atoms with Crippen LogP contribution in [0.3, 0.4) is 0 Å². The molecule has 0 aromatic heterocycles. The van der Waals surface area contributed by atoms with E-state index in [1.54, 1.807) is 0 Å². The Bertz CT molecular complexity index is 1320. The highest BCUT2D eigenvalue weighted by molar-refractivity contribution is 7.80. The summed E-state index contributed by atoms with van der Waals surface area (Å²) in [5.74, 6) is 0. The van der Waals surface area contributed by atoms with Gasteiger partial charge in [-0.15, -0.1) is 25.3 Å². The van der Waals surface area contributed by atoms with Crippen LogP contribution in [0.1, 0.15) is 74.9 Å². The number of benzene rings is 4. The lowest BCUT2D eigenvalue weighted by Crippen LogP contribution is -2.30. The molecule has 35 heavy (non-hydrogen) atoms. The van der Waals surface area contributed by atoms with Crippen LogP contribution in [0.2, 0.25) is 0 Å². The largest absolute Gasteiger partial charge is 0.143 e. The molecule has 0 saturated carbocycles. The summed E-state index contributed by atoms with van der Waals surface area (Å²) >= 11 is 9.73. The third kappa shape index (κ3) is 3.77. The maximum Gasteiger partial charge on any atom is 0.0713 e. The summed E-state index contributed by atoms with van der Waals surface area (Å²) in [5, 5.41) is 0. The van der Waals surface area contributed by atoms with Crippen molar-refractivity contribution in [3.05, 3.63) is 118 Å². The Morgan fingerprint density at radius 1 is 0.514 bits per heavy atom. The van der Waals surface area contributed by atoms with Crippen molar-refractivity contribution < 1.29 is 0 Å². The van der Waals surface area contributed by atoms with Crippen molar-refractivity contribution in [3.8, 4) is 11.1 Å². The van der Waals surface area contributed by atoms with Gasteiger partial charge in [-0.1, -0.05) is 114 Å². The van der Waals surface area contributed by atoms with E-state index in [0.717, 1.165) is 9.79 Å². The molecule has 2 heteroatoms. The van der Waals surface area contributed by atoms with Crippen LogP contribution < -0.4 is 0 Å². The van der Waals surface area contributed by atoms with Gasteiger partial charge < -0.3 is 0 Å². The molecule has 1 aliphatic carbocycles. The molecule has 0 heterocycles. The molecule has 4 aromatic rings. The normalized spacial score (nSPS) is 14.5. The quantitative estimate of drug-likeness (QED) is 0.224. The standard InChI is InChI=1S/C33H34S2/c1-31(2,3)27-19-21(15-17-29(27)34)33(22-16-18-30(35)28(20-22)32(4,5)6)25-13-9-7-11-23(25)24-12-8-10-14-26(24)33/h7-20,34-35H,1-6H3. The number of fused-ring (bicyclic) bond motifs is 3. The molecule has 0 fully saturated rings. The van der Waals surface area contributed by atoms with Crippen LogP contribution in [0.4, 0.5) is 0 Å². The fraction of sp³-hybridized carbons (Fsp3) is 0.273. The summed E-state index contributed by atoms with van der Waals surface area (Å²) in [6.45, 7) is 13.6. The second-order valence-electron chi connectivity index (χ2n) is 11.8. The van der Waals surface area contributed by atoms with Crippen molar-refractivity contribution >= 4 is 25.3 Å². The molecule has 0 unspecified atom stereocenters. The van der Waals surface area contributed by atoms with Gasteiger partial charge in [-0.3, -0.25) is 0 Å². The first kappa shape index (κ1) is 24.3. The first-order chi connectivity index (χ1) is 16.5. The van der Waals surface area contributed by atoms with Crippen LogP contribution in [0.25, 0.3) is 11.1 Å². The molecule has 1 aliphatic rings. The molecule has 0 radical (unpaired) electrons. The van der Waals surface area contributed by atoms with Gasteiger partial charge in [0.25, 0.3) is 0 Å². The van der Waals surface area contributed by atoms with Gasteiger partial charge in [0.15, 0.2) is 0 Å². The van der Waals surface area contributed by atoms with Gasteiger partial charge in [-0.05, 0) is 67.5 Å². The van der Waals surface area contributed by atoms with Crippen LogP contribution >= 0.6 is 25.3 Å². The van der Waals surface area contributed by atoms with Gasteiger partial charge in [0.05, 0.1) is 5.41 Å². The molecule has 178 valence electrons. The van der Waals surface area contributed by atoms with E-state index >= 15 is 0 Å². The topological polar surface area (TPSA) is 0 Å². The minimum atomic E-state index is -0.420. The van der Waals surface area contributed by atoms with Crippen molar-refractivity contribution in [3.63, 3.8) is 0 Å². The molecule has 0 bridgehead atoms. The first-order valence-corrected chi connectivity index (χ1v) is 13.2. The van der Waals surface area contributed by atoms with Gasteiger partial charge in [0.2, 0.25) is 0 Å². The minimum absolute atomic E-state index is 0.0164. The van der Waals surface area contributed by atoms with Gasteiger partial charge in [-0.25, -0.2) is 0 Å². The number of hydrogen-bond donors (Lipinski definition) is 2. The van der Waals surface area contributed by atoms with E-state index in [1.165, 1.54) is 44.5 Å². The highest BCUT2D eigenvalue weighted by atomic mass is 32.1. The third-order valence-electron chi connectivity index (χ3n) is 7.43. The van der Waals surface area contributed by atoms with Crippen LogP contribution in [0, 0.1) is 0 Å². The Labute approximate surface area is 221 Å². The van der Waals surface area contributed by atoms with Gasteiger partial charge in [0, 0.05) is 9.79 Å². The molecule has 0 aliphatic heterocycles. The Kier molecular flexibility index (Phi) is 5.77. The Morgan fingerprint density at radius 3 is 1.26 bits per heavy atom. The summed E-state index contributed by atoms with van der Waals surface area (Å²) in [4.78, 5) is 2.08. The lowest BCUT2D eigenvalue weighted by molar-refractivity contribution is 0.572. The zero-order valence-corrected chi connectivity index (χ0v) is 23.3. The predicted octanol–water partition coefficient (Wildman–Crippen LogP) is 9.22. The second-order valence-corrected chi connectivity index (χ2v) is 12.8. The predicted molar refractivity (Wildman–Crippen MR) is 156 cm³/mol. The zero-order chi connectivity index (χ0) is 25.2. The lowest BCUT2D eigenvalue weighted by atomic mass is 9.66. The maximum absolute atomic E-state index is 4.86. The summed E-state index contributed by atoms with van der Waals surface area (Å²) < 4.78 is 0. The minimum Gasteiger partial charge on any atom is -0.143 e. The maximum atomic E-state index is 4.86. The van der Waals surface area contributed by atoms with Gasteiger partial charge in [0.1, 0.15) is 0 Å². The monoisotopic (exact) mass is 494 g/mol. The van der Waals surface area contributed by atoms with Crippen molar-refractivity contribution in [2.45, 2.75) is 67.6 Å². The number of rotatable bonds is 2. The average molecular weight is 495 g/mol. The van der Waals surface area contributed by atoms with Crippen molar-refractivity contribution in [1.29, 1.82) is 0 Å². The lowest BCUT2D eigenvalue weighted by Gasteiger charge is -2.36. The summed E-state index contributed by atoms with van der Waals surface area (Å²) in [6.07, 6.45) is 0. The van der Waals surface area contributed by atoms with Gasteiger partial charge in [-0.2, -0.15) is 0 Å². The van der Waals surface area contributed by atoms with Gasteiger partial charge >= 0.3 is 0 Å². The summed E-state index contributed by atoms with van der Waals surface area (Å²) in [6, 6.07) is 31.5. The molecule has 0 atom stereocenters. The van der Waals surface area contributed by atoms with Crippen LogP contribution in [0.5, 0.6) is 0 Å². The van der Waals surface area contributed by atoms with Crippen molar-refractivity contribution in [2.75, 3.05) is 0 Å². The van der Waals surface area contributed by atoms with E-state index in [0.29, 0.717) is 0 Å². The van der Waals surface area contributed by atoms with E-state index in [9.17, 15) is 0 Å². The van der Waals surface area contributed by atoms with E-state index in [4.69, 9.17) is 25.3 Å². The van der Waals surface area contributed by atoms with Crippen LogP contribution in [-0.2, 0) is 16.2 Å². The Hall–Kier alpha value is -2.42. The highest BCUT2D eigenvalue weighted by Crippen LogP contribution is 2.57. The molecule has 0 N–H and O–H groups in total. The molecule has 0 saturated heterocycles. The van der Waals surface area contributed by atoms with Crippen molar-refractivity contribution in [1.82, 2.24) is 0 Å². The second kappa shape index (κ2) is 8.32. The zero-order valence-electron chi connectivity index (χ0n) is 21.5. The van der Waals surface area contributed by atoms with Crippen LogP contribution in [0.15, 0.2) is 94.7 Å². The fourth-order valence-corrected chi connectivity index (χ4v) is 6.71. The SMILES string of the molecule is CC(C)(C)c1cc(C2(c3ccc(S)c(C(C)(C)C)c3)c3ccccc3-c3ccccc32)ccc1S. The molecule has 0 nitrogen and oxygen atoms in total. The van der Waals surface area contributed by atoms with E-state index in [1.807, 2.05) is 0 Å². The smallest absolute Gasteiger partial charge is 0.0713 e. The Balaban J connectivity index is 1.96. The summed E-state index contributed by atoms with van der Waals surface area (Å²) in [7, 11) is 0. The first-order valence-electron chi connectivity index (χ1n) is 12.3. The van der Waals surface area contributed by atoms with E-state index in [-0.39, 0.29) is 10.8 Å².